The summed E-state index contributed by atoms with van der Waals surface area (Å²) >= 11 is 0. The number of hydrogen-bond acceptors (Lipinski definition) is 0. The topological polar surface area (TPSA) is 0 Å². The predicted molar refractivity (Wildman–Crippen MR) is 71.2 cm³/mol. The van der Waals surface area contributed by atoms with Crippen molar-refractivity contribution in [2.75, 3.05) is 0 Å². The highest BCUT2D eigenvalue weighted by molar-refractivity contribution is 4.81. The summed E-state index contributed by atoms with van der Waals surface area (Å²) in [6.45, 7) is 6.93. The Hall–Kier alpha value is -0.260. The summed E-state index contributed by atoms with van der Waals surface area (Å²) in [7, 11) is 0. The molecule has 0 fully saturated rings. The van der Waals surface area contributed by atoms with E-state index in [4.69, 9.17) is 0 Å². The van der Waals surface area contributed by atoms with Gasteiger partial charge in [0.25, 0.3) is 0 Å². The predicted octanol–water partition coefficient (Wildman–Crippen LogP) is 5.73. The molecule has 0 aliphatic heterocycles. The molecule has 0 saturated carbocycles. The first kappa shape index (κ1) is 14.7. The molecule has 0 heteroatoms. The van der Waals surface area contributed by atoms with Crippen LogP contribution in [0.4, 0.5) is 0 Å². The van der Waals surface area contributed by atoms with Gasteiger partial charge >= 0.3 is 0 Å². The minimum Gasteiger partial charge on any atom is -0.0885 e. The Kier molecular flexibility index (Phi) is 11.6. The van der Waals surface area contributed by atoms with Crippen molar-refractivity contribution >= 4 is 0 Å². The van der Waals surface area contributed by atoms with Gasteiger partial charge in [-0.15, -0.1) is 0 Å². The van der Waals surface area contributed by atoms with Gasteiger partial charge in [-0.1, -0.05) is 65.0 Å². The fourth-order valence-corrected chi connectivity index (χ4v) is 1.83. The van der Waals surface area contributed by atoms with Crippen LogP contribution in [0.5, 0.6) is 0 Å². The third-order valence-electron chi connectivity index (χ3n) is 3.02. The smallest absolute Gasteiger partial charge is 0.0348 e. The molecule has 0 nitrogen and oxygen atoms in total. The summed E-state index contributed by atoms with van der Waals surface area (Å²) in [5, 5.41) is 0. The molecule has 0 heterocycles. The highest BCUT2D eigenvalue weighted by Crippen LogP contribution is 2.14. The minimum atomic E-state index is 0.922. The lowest BCUT2D eigenvalue weighted by atomic mass is 9.99. The molecule has 15 heavy (non-hydrogen) atoms. The lowest BCUT2D eigenvalue weighted by molar-refractivity contribution is 0.475. The molecule has 0 amide bonds. The molecule has 0 N–H and O–H groups in total. The van der Waals surface area contributed by atoms with Gasteiger partial charge < -0.3 is 0 Å². The SMILES string of the molecule is CCCCCC=CCCC(C)CCCC. The standard InChI is InChI=1S/C15H30/c1-4-6-8-9-10-11-12-14-15(3)13-7-5-2/h10-11,15H,4-9,12-14H2,1-3H3. The second-order valence-electron chi connectivity index (χ2n) is 4.79. The summed E-state index contributed by atoms with van der Waals surface area (Å²) in [5.41, 5.74) is 0. The molecule has 0 radical (unpaired) electrons. The van der Waals surface area contributed by atoms with E-state index in [9.17, 15) is 0 Å². The normalized spacial score (nSPS) is 13.5. The Morgan fingerprint density at radius 3 is 2.13 bits per heavy atom. The first-order valence-electron chi connectivity index (χ1n) is 6.96. The third-order valence-corrected chi connectivity index (χ3v) is 3.02. The molecule has 0 aliphatic carbocycles. The van der Waals surface area contributed by atoms with Gasteiger partial charge in [-0.3, -0.25) is 0 Å². The molecule has 0 spiro atoms. The van der Waals surface area contributed by atoms with Crippen LogP contribution in [-0.4, -0.2) is 0 Å². The molecule has 0 saturated heterocycles. The van der Waals surface area contributed by atoms with E-state index in [1.54, 1.807) is 0 Å². The molecule has 0 rings (SSSR count). The fourth-order valence-electron chi connectivity index (χ4n) is 1.83. The first-order chi connectivity index (χ1) is 7.31. The number of hydrogen-bond donors (Lipinski definition) is 0. The molecule has 0 aromatic rings. The molecule has 1 atom stereocenters. The number of unbranched alkanes of at least 4 members (excludes halogenated alkanes) is 4. The molecule has 0 aromatic carbocycles. The van der Waals surface area contributed by atoms with Gasteiger partial charge in [0.1, 0.15) is 0 Å². The molecule has 0 aliphatic rings. The van der Waals surface area contributed by atoms with Gasteiger partial charge in [-0.2, -0.15) is 0 Å². The molecule has 1 unspecified atom stereocenters. The largest absolute Gasteiger partial charge is 0.0885 e. The van der Waals surface area contributed by atoms with Crippen molar-refractivity contribution in [1.82, 2.24) is 0 Å². The van der Waals surface area contributed by atoms with Crippen molar-refractivity contribution in [3.8, 4) is 0 Å². The van der Waals surface area contributed by atoms with Gasteiger partial charge in [-0.05, 0) is 31.6 Å². The quantitative estimate of drug-likeness (QED) is 0.319. The molecule has 0 bridgehead atoms. The van der Waals surface area contributed by atoms with Crippen LogP contribution < -0.4 is 0 Å². The average molecular weight is 210 g/mol. The highest BCUT2D eigenvalue weighted by atomic mass is 14.0. The van der Waals surface area contributed by atoms with Crippen molar-refractivity contribution in [2.45, 2.75) is 78.6 Å². The number of rotatable bonds is 10. The zero-order chi connectivity index (χ0) is 11.4. The number of allylic oxidation sites excluding steroid dienone is 2. The van der Waals surface area contributed by atoms with Crippen LogP contribution >= 0.6 is 0 Å². The zero-order valence-corrected chi connectivity index (χ0v) is 11.1. The first-order valence-corrected chi connectivity index (χ1v) is 6.96. The van der Waals surface area contributed by atoms with Crippen LogP contribution in [0.3, 0.4) is 0 Å². The Morgan fingerprint density at radius 2 is 1.47 bits per heavy atom. The van der Waals surface area contributed by atoms with Crippen molar-refractivity contribution in [3.05, 3.63) is 12.2 Å². The summed E-state index contributed by atoms with van der Waals surface area (Å²) < 4.78 is 0. The van der Waals surface area contributed by atoms with E-state index in [0.29, 0.717) is 0 Å². The van der Waals surface area contributed by atoms with Crippen molar-refractivity contribution in [2.24, 2.45) is 5.92 Å². The van der Waals surface area contributed by atoms with Crippen molar-refractivity contribution < 1.29 is 0 Å². The second kappa shape index (κ2) is 11.8. The van der Waals surface area contributed by atoms with Crippen LogP contribution in [-0.2, 0) is 0 Å². The highest BCUT2D eigenvalue weighted by Gasteiger charge is 1.98. The van der Waals surface area contributed by atoms with E-state index in [2.05, 4.69) is 32.9 Å². The van der Waals surface area contributed by atoms with Crippen LogP contribution in [0.25, 0.3) is 0 Å². The van der Waals surface area contributed by atoms with Gasteiger partial charge in [0, 0.05) is 0 Å². The fraction of sp³-hybridized carbons (Fsp3) is 0.867. The van der Waals surface area contributed by atoms with E-state index in [-0.39, 0.29) is 0 Å². The van der Waals surface area contributed by atoms with E-state index in [1.165, 1.54) is 57.8 Å². The lowest BCUT2D eigenvalue weighted by Gasteiger charge is -2.07. The minimum absolute atomic E-state index is 0.922. The molecular weight excluding hydrogens is 180 g/mol. The summed E-state index contributed by atoms with van der Waals surface area (Å²) in [6, 6.07) is 0. The van der Waals surface area contributed by atoms with E-state index < -0.39 is 0 Å². The van der Waals surface area contributed by atoms with Crippen molar-refractivity contribution in [3.63, 3.8) is 0 Å². The lowest BCUT2D eigenvalue weighted by Crippen LogP contribution is -1.92. The molecule has 0 aromatic heterocycles. The summed E-state index contributed by atoms with van der Waals surface area (Å²) in [6.07, 6.45) is 17.0. The van der Waals surface area contributed by atoms with Gasteiger partial charge in [0.05, 0.1) is 0 Å². The van der Waals surface area contributed by atoms with Gasteiger partial charge in [-0.25, -0.2) is 0 Å². The molecular formula is C15H30. The average Bonchev–Trinajstić information content (AvgIpc) is 2.25. The molecule has 90 valence electrons. The van der Waals surface area contributed by atoms with E-state index >= 15 is 0 Å². The zero-order valence-electron chi connectivity index (χ0n) is 11.1. The maximum atomic E-state index is 2.39. The van der Waals surface area contributed by atoms with Crippen LogP contribution in [0.1, 0.15) is 78.6 Å². The van der Waals surface area contributed by atoms with Gasteiger partial charge in [0.15, 0.2) is 0 Å². The Morgan fingerprint density at radius 1 is 0.800 bits per heavy atom. The van der Waals surface area contributed by atoms with E-state index in [1.807, 2.05) is 0 Å². The Balaban J connectivity index is 3.20. The summed E-state index contributed by atoms with van der Waals surface area (Å²) in [4.78, 5) is 0. The third kappa shape index (κ3) is 11.7. The Bertz CT molecular complexity index is 135. The van der Waals surface area contributed by atoms with Gasteiger partial charge in [0.2, 0.25) is 0 Å². The second-order valence-corrected chi connectivity index (χ2v) is 4.79. The van der Waals surface area contributed by atoms with Crippen LogP contribution in [0.15, 0.2) is 12.2 Å². The van der Waals surface area contributed by atoms with E-state index in [0.717, 1.165) is 5.92 Å². The van der Waals surface area contributed by atoms with Crippen LogP contribution in [0, 0.1) is 5.92 Å². The Labute approximate surface area is 97.2 Å². The van der Waals surface area contributed by atoms with Crippen LogP contribution in [0.2, 0.25) is 0 Å². The maximum absolute atomic E-state index is 2.39. The maximum Gasteiger partial charge on any atom is -0.0348 e. The van der Waals surface area contributed by atoms with Crippen molar-refractivity contribution in [1.29, 1.82) is 0 Å². The monoisotopic (exact) mass is 210 g/mol. The summed E-state index contributed by atoms with van der Waals surface area (Å²) in [5.74, 6) is 0.922.